The fraction of sp³-hybridized carbons (Fsp3) is 0.636. The van der Waals surface area contributed by atoms with Gasteiger partial charge >= 0.3 is 0 Å². The molecule has 0 saturated heterocycles. The standard InChI is InChI=1S/C11H18N2O3/c1-3-16-7-5-10-12-8(2)9(4-6-14)11(15)13-10/h14H,3-7H2,1-2H3,(H,12,13,15). The van der Waals surface area contributed by atoms with E-state index in [1.165, 1.54) is 0 Å². The van der Waals surface area contributed by atoms with Gasteiger partial charge in [-0.05, 0) is 13.8 Å². The first-order valence-corrected chi connectivity index (χ1v) is 5.46. The Labute approximate surface area is 94.5 Å². The van der Waals surface area contributed by atoms with Gasteiger partial charge < -0.3 is 14.8 Å². The van der Waals surface area contributed by atoms with Crippen molar-refractivity contribution in [3.05, 3.63) is 27.4 Å². The predicted molar refractivity (Wildman–Crippen MR) is 60.6 cm³/mol. The number of ether oxygens (including phenoxy) is 1. The molecule has 0 radical (unpaired) electrons. The van der Waals surface area contributed by atoms with E-state index in [1.54, 1.807) is 6.92 Å². The lowest BCUT2D eigenvalue weighted by Crippen LogP contribution is -2.20. The molecule has 0 fully saturated rings. The third-order valence-corrected chi connectivity index (χ3v) is 2.32. The fourth-order valence-electron chi connectivity index (χ4n) is 1.51. The summed E-state index contributed by atoms with van der Waals surface area (Å²) in [4.78, 5) is 18.6. The minimum absolute atomic E-state index is 0.0378. The van der Waals surface area contributed by atoms with Crippen LogP contribution in [0.2, 0.25) is 0 Å². The number of hydrogen-bond donors (Lipinski definition) is 2. The summed E-state index contributed by atoms with van der Waals surface area (Å²) in [5, 5.41) is 8.81. The molecule has 0 bridgehead atoms. The lowest BCUT2D eigenvalue weighted by atomic mass is 10.2. The van der Waals surface area contributed by atoms with Crippen LogP contribution >= 0.6 is 0 Å². The van der Waals surface area contributed by atoms with Gasteiger partial charge in [-0.15, -0.1) is 0 Å². The molecule has 0 aliphatic rings. The molecule has 0 atom stereocenters. The van der Waals surface area contributed by atoms with Gasteiger partial charge in [0.05, 0.1) is 6.61 Å². The summed E-state index contributed by atoms with van der Waals surface area (Å²) in [5.41, 5.74) is 1.08. The first-order valence-electron chi connectivity index (χ1n) is 5.46. The Bertz CT molecular complexity index is 387. The van der Waals surface area contributed by atoms with Crippen LogP contribution in [0.1, 0.15) is 24.0 Å². The van der Waals surface area contributed by atoms with E-state index in [0.29, 0.717) is 43.1 Å². The number of aliphatic hydroxyl groups excluding tert-OH is 1. The number of rotatable bonds is 6. The van der Waals surface area contributed by atoms with Crippen molar-refractivity contribution in [3.63, 3.8) is 0 Å². The van der Waals surface area contributed by atoms with Crippen molar-refractivity contribution in [1.29, 1.82) is 0 Å². The second kappa shape index (κ2) is 6.40. The molecule has 0 amide bonds. The van der Waals surface area contributed by atoms with Crippen molar-refractivity contribution in [2.24, 2.45) is 0 Å². The topological polar surface area (TPSA) is 75.2 Å². The van der Waals surface area contributed by atoms with Gasteiger partial charge in [-0.3, -0.25) is 4.79 Å². The van der Waals surface area contributed by atoms with Gasteiger partial charge in [-0.1, -0.05) is 0 Å². The lowest BCUT2D eigenvalue weighted by molar-refractivity contribution is 0.149. The summed E-state index contributed by atoms with van der Waals surface area (Å²) < 4.78 is 5.19. The van der Waals surface area contributed by atoms with Gasteiger partial charge in [0.25, 0.3) is 5.56 Å². The van der Waals surface area contributed by atoms with E-state index in [1.807, 2.05) is 6.92 Å². The number of H-pyrrole nitrogens is 1. The van der Waals surface area contributed by atoms with Crippen LogP contribution in [0.15, 0.2) is 4.79 Å². The summed E-state index contributed by atoms with van der Waals surface area (Å²) in [6.45, 7) is 4.88. The van der Waals surface area contributed by atoms with Crippen LogP contribution in [0.3, 0.4) is 0 Å². The van der Waals surface area contributed by atoms with Crippen LogP contribution in [-0.2, 0) is 17.6 Å². The molecule has 0 aromatic carbocycles. The van der Waals surface area contributed by atoms with Crippen molar-refractivity contribution < 1.29 is 9.84 Å². The van der Waals surface area contributed by atoms with Crippen LogP contribution in [0, 0.1) is 6.92 Å². The minimum atomic E-state index is -0.159. The van der Waals surface area contributed by atoms with Gasteiger partial charge in [0.15, 0.2) is 0 Å². The molecule has 0 unspecified atom stereocenters. The van der Waals surface area contributed by atoms with Crippen LogP contribution in [0.5, 0.6) is 0 Å². The van der Waals surface area contributed by atoms with Gasteiger partial charge in [-0.25, -0.2) is 4.98 Å². The van der Waals surface area contributed by atoms with Gasteiger partial charge in [0, 0.05) is 37.3 Å². The zero-order valence-electron chi connectivity index (χ0n) is 9.75. The molecule has 1 aromatic heterocycles. The monoisotopic (exact) mass is 226 g/mol. The number of nitrogens with zero attached hydrogens (tertiary/aromatic N) is 1. The molecule has 0 aliphatic carbocycles. The third kappa shape index (κ3) is 3.43. The van der Waals surface area contributed by atoms with Crippen molar-refractivity contribution in [2.45, 2.75) is 26.7 Å². The van der Waals surface area contributed by atoms with Gasteiger partial charge in [-0.2, -0.15) is 0 Å². The minimum Gasteiger partial charge on any atom is -0.396 e. The molecule has 16 heavy (non-hydrogen) atoms. The largest absolute Gasteiger partial charge is 0.396 e. The molecule has 90 valence electrons. The first kappa shape index (κ1) is 12.9. The summed E-state index contributed by atoms with van der Waals surface area (Å²) in [6.07, 6.45) is 0.948. The van der Waals surface area contributed by atoms with Gasteiger partial charge in [0.1, 0.15) is 5.82 Å². The van der Waals surface area contributed by atoms with E-state index in [-0.39, 0.29) is 12.2 Å². The Morgan fingerprint density at radius 3 is 2.75 bits per heavy atom. The molecular formula is C11H18N2O3. The zero-order chi connectivity index (χ0) is 12.0. The van der Waals surface area contributed by atoms with Crippen LogP contribution < -0.4 is 5.56 Å². The average molecular weight is 226 g/mol. The first-order chi connectivity index (χ1) is 7.69. The Morgan fingerprint density at radius 2 is 2.19 bits per heavy atom. The second-order valence-electron chi connectivity index (χ2n) is 3.50. The SMILES string of the molecule is CCOCCc1nc(C)c(CCO)c(=O)[nH]1. The molecule has 1 heterocycles. The molecular weight excluding hydrogens is 208 g/mol. The molecule has 5 heteroatoms. The normalized spacial score (nSPS) is 10.7. The Morgan fingerprint density at radius 1 is 1.44 bits per heavy atom. The number of aromatic nitrogens is 2. The molecule has 1 rings (SSSR count). The van der Waals surface area contributed by atoms with Crippen molar-refractivity contribution in [2.75, 3.05) is 19.8 Å². The average Bonchev–Trinajstić information content (AvgIpc) is 2.24. The van der Waals surface area contributed by atoms with E-state index < -0.39 is 0 Å². The highest BCUT2D eigenvalue weighted by Gasteiger charge is 2.07. The van der Waals surface area contributed by atoms with Crippen molar-refractivity contribution in [1.82, 2.24) is 9.97 Å². The van der Waals surface area contributed by atoms with E-state index >= 15 is 0 Å². The number of nitrogens with one attached hydrogen (secondary N) is 1. The summed E-state index contributed by atoms with van der Waals surface area (Å²) >= 11 is 0. The summed E-state index contributed by atoms with van der Waals surface area (Å²) in [7, 11) is 0. The Kier molecular flexibility index (Phi) is 5.14. The van der Waals surface area contributed by atoms with E-state index in [2.05, 4.69) is 9.97 Å². The van der Waals surface area contributed by atoms with E-state index in [4.69, 9.17) is 9.84 Å². The van der Waals surface area contributed by atoms with Crippen LogP contribution in [-0.4, -0.2) is 34.9 Å². The quantitative estimate of drug-likeness (QED) is 0.679. The molecule has 5 nitrogen and oxygen atoms in total. The Hall–Kier alpha value is -1.20. The maximum atomic E-state index is 11.6. The molecule has 0 aliphatic heterocycles. The number of aliphatic hydroxyl groups is 1. The maximum Gasteiger partial charge on any atom is 0.254 e. The molecule has 2 N–H and O–H groups in total. The highest BCUT2D eigenvalue weighted by Crippen LogP contribution is 2.00. The zero-order valence-corrected chi connectivity index (χ0v) is 9.75. The Balaban J connectivity index is 2.79. The summed E-state index contributed by atoms with van der Waals surface area (Å²) in [5.74, 6) is 0.637. The fourth-order valence-corrected chi connectivity index (χ4v) is 1.51. The maximum absolute atomic E-state index is 11.6. The van der Waals surface area contributed by atoms with Crippen LogP contribution in [0.4, 0.5) is 0 Å². The van der Waals surface area contributed by atoms with E-state index in [9.17, 15) is 4.79 Å². The molecule has 1 aromatic rings. The second-order valence-corrected chi connectivity index (χ2v) is 3.50. The highest BCUT2D eigenvalue weighted by molar-refractivity contribution is 5.16. The summed E-state index contributed by atoms with van der Waals surface area (Å²) in [6, 6.07) is 0. The van der Waals surface area contributed by atoms with Gasteiger partial charge in [0.2, 0.25) is 0 Å². The van der Waals surface area contributed by atoms with Crippen LogP contribution in [0.25, 0.3) is 0 Å². The predicted octanol–water partition coefficient (Wildman–Crippen LogP) is 0.192. The third-order valence-electron chi connectivity index (χ3n) is 2.32. The highest BCUT2D eigenvalue weighted by atomic mass is 16.5. The number of aromatic amines is 1. The smallest absolute Gasteiger partial charge is 0.254 e. The molecule has 0 spiro atoms. The van der Waals surface area contributed by atoms with Crippen molar-refractivity contribution in [3.8, 4) is 0 Å². The molecule has 0 saturated carbocycles. The van der Waals surface area contributed by atoms with E-state index in [0.717, 1.165) is 0 Å². The lowest BCUT2D eigenvalue weighted by Gasteiger charge is -2.06. The number of aryl methyl sites for hydroxylation is 1. The number of hydrogen-bond acceptors (Lipinski definition) is 4. The van der Waals surface area contributed by atoms with Crippen molar-refractivity contribution >= 4 is 0 Å².